The normalized spacial score (nSPS) is 9.89. The highest BCUT2D eigenvalue weighted by Gasteiger charge is 2.11. The lowest BCUT2D eigenvalue weighted by Gasteiger charge is -2.18. The van der Waals surface area contributed by atoms with Gasteiger partial charge in [0.15, 0.2) is 0 Å². The van der Waals surface area contributed by atoms with Gasteiger partial charge in [0.1, 0.15) is 0 Å². The van der Waals surface area contributed by atoms with Gasteiger partial charge in [-0.1, -0.05) is 69.3 Å². The van der Waals surface area contributed by atoms with Gasteiger partial charge in [-0.15, -0.1) is 0 Å². The first kappa shape index (κ1) is 14.0. The summed E-state index contributed by atoms with van der Waals surface area (Å²) in [6, 6.07) is 21.7. The van der Waals surface area contributed by atoms with Gasteiger partial charge in [0.05, 0.1) is 11.6 Å². The summed E-state index contributed by atoms with van der Waals surface area (Å²) in [4.78, 5) is 0. The molecule has 0 N–H and O–H groups in total. The second-order valence-corrected chi connectivity index (χ2v) is 5.09. The Balaban J connectivity index is 0.000000184. The van der Waals surface area contributed by atoms with Gasteiger partial charge in [-0.25, -0.2) is 0 Å². The van der Waals surface area contributed by atoms with E-state index in [0.717, 1.165) is 0 Å². The summed E-state index contributed by atoms with van der Waals surface area (Å²) >= 11 is 0. The molecule has 2 aromatic rings. The van der Waals surface area contributed by atoms with Crippen molar-refractivity contribution in [2.45, 2.75) is 26.2 Å². The number of nitriles is 1. The van der Waals surface area contributed by atoms with Crippen LogP contribution in [0, 0.1) is 11.3 Å². The molecule has 1 nitrogen and oxygen atoms in total. The molecule has 18 heavy (non-hydrogen) atoms. The molecule has 0 bridgehead atoms. The molecule has 0 unspecified atom stereocenters. The van der Waals surface area contributed by atoms with Crippen molar-refractivity contribution in [3.63, 3.8) is 0 Å². The Labute approximate surface area is 110 Å². The zero-order valence-electron chi connectivity index (χ0n) is 11.2. The Morgan fingerprint density at radius 2 is 1.22 bits per heavy atom. The first-order valence-corrected chi connectivity index (χ1v) is 6.04. The van der Waals surface area contributed by atoms with Crippen molar-refractivity contribution < 1.29 is 0 Å². The SMILES string of the molecule is CC(C)(C)c1ccccc1.N#Cc1ccccc1. The van der Waals surface area contributed by atoms with E-state index in [0.29, 0.717) is 11.0 Å². The second kappa shape index (κ2) is 6.61. The average Bonchev–Trinajstić information content (AvgIpc) is 2.40. The van der Waals surface area contributed by atoms with Gasteiger partial charge in [-0.3, -0.25) is 0 Å². The van der Waals surface area contributed by atoms with Crippen LogP contribution in [0.4, 0.5) is 0 Å². The van der Waals surface area contributed by atoms with Crippen LogP contribution in [0.3, 0.4) is 0 Å². The Bertz CT molecular complexity index is 487. The minimum Gasteiger partial charge on any atom is -0.192 e. The predicted octanol–water partition coefficient (Wildman–Crippen LogP) is 4.54. The largest absolute Gasteiger partial charge is 0.192 e. The van der Waals surface area contributed by atoms with Crippen LogP contribution in [0.15, 0.2) is 60.7 Å². The Morgan fingerprint density at radius 1 is 0.778 bits per heavy atom. The maximum absolute atomic E-state index is 8.29. The van der Waals surface area contributed by atoms with Crippen molar-refractivity contribution >= 4 is 0 Å². The summed E-state index contributed by atoms with van der Waals surface area (Å²) in [5.74, 6) is 0. The zero-order valence-corrected chi connectivity index (χ0v) is 11.2. The molecule has 0 saturated carbocycles. The third-order valence-electron chi connectivity index (χ3n) is 2.54. The Hall–Kier alpha value is -2.07. The number of benzene rings is 2. The smallest absolute Gasteiger partial charge is 0.0991 e. The number of rotatable bonds is 0. The summed E-state index contributed by atoms with van der Waals surface area (Å²) in [5.41, 5.74) is 2.41. The van der Waals surface area contributed by atoms with Crippen LogP contribution in [-0.2, 0) is 5.41 Å². The zero-order chi connectivity index (χ0) is 13.4. The summed E-state index contributed by atoms with van der Waals surface area (Å²) in [5, 5.41) is 8.29. The first-order chi connectivity index (χ1) is 8.54. The quantitative estimate of drug-likeness (QED) is 0.659. The van der Waals surface area contributed by atoms with E-state index in [1.807, 2.05) is 24.3 Å². The van der Waals surface area contributed by atoms with Crippen LogP contribution in [0.5, 0.6) is 0 Å². The lowest BCUT2D eigenvalue weighted by Crippen LogP contribution is -2.10. The fraction of sp³-hybridized carbons (Fsp3) is 0.235. The maximum atomic E-state index is 8.29. The highest BCUT2D eigenvalue weighted by Crippen LogP contribution is 2.20. The predicted molar refractivity (Wildman–Crippen MR) is 76.3 cm³/mol. The van der Waals surface area contributed by atoms with Crippen molar-refractivity contribution in [3.8, 4) is 6.07 Å². The fourth-order valence-electron chi connectivity index (χ4n) is 1.45. The van der Waals surface area contributed by atoms with Gasteiger partial charge in [0.25, 0.3) is 0 Å². The number of nitrogens with zero attached hydrogens (tertiary/aromatic N) is 1. The van der Waals surface area contributed by atoms with E-state index in [4.69, 9.17) is 5.26 Å². The number of hydrogen-bond donors (Lipinski definition) is 0. The molecule has 0 amide bonds. The molecule has 0 atom stereocenters. The first-order valence-electron chi connectivity index (χ1n) is 6.04. The van der Waals surface area contributed by atoms with Crippen molar-refractivity contribution in [1.29, 1.82) is 5.26 Å². The monoisotopic (exact) mass is 237 g/mol. The van der Waals surface area contributed by atoms with Crippen LogP contribution >= 0.6 is 0 Å². The standard InChI is InChI=1S/C10H14.C7H5N/c1-10(2,3)9-7-5-4-6-8-9;8-6-7-4-2-1-3-5-7/h4-8H,1-3H3;1-5H. The highest BCUT2D eigenvalue weighted by atomic mass is 14.2. The molecule has 0 aliphatic rings. The Kier molecular flexibility index (Phi) is 5.14. The third kappa shape index (κ3) is 4.84. The summed E-state index contributed by atoms with van der Waals surface area (Å²) < 4.78 is 0. The topological polar surface area (TPSA) is 23.8 Å². The van der Waals surface area contributed by atoms with E-state index in [1.165, 1.54) is 5.56 Å². The van der Waals surface area contributed by atoms with Crippen LogP contribution < -0.4 is 0 Å². The van der Waals surface area contributed by atoms with Gasteiger partial charge < -0.3 is 0 Å². The van der Waals surface area contributed by atoms with Crippen molar-refractivity contribution in [1.82, 2.24) is 0 Å². The molecule has 0 saturated heterocycles. The van der Waals surface area contributed by atoms with Gasteiger partial charge >= 0.3 is 0 Å². The summed E-state index contributed by atoms with van der Waals surface area (Å²) in [6.07, 6.45) is 0. The van der Waals surface area contributed by atoms with E-state index in [2.05, 4.69) is 51.1 Å². The van der Waals surface area contributed by atoms with Gasteiger partial charge in [0, 0.05) is 0 Å². The molecular formula is C17H19N. The second-order valence-electron chi connectivity index (χ2n) is 5.09. The number of hydrogen-bond acceptors (Lipinski definition) is 1. The van der Waals surface area contributed by atoms with Gasteiger partial charge in [-0.2, -0.15) is 5.26 Å². The minimum absolute atomic E-state index is 0.293. The van der Waals surface area contributed by atoms with E-state index in [9.17, 15) is 0 Å². The molecule has 0 heterocycles. The average molecular weight is 237 g/mol. The molecule has 0 fully saturated rings. The maximum Gasteiger partial charge on any atom is 0.0991 e. The Morgan fingerprint density at radius 3 is 1.50 bits per heavy atom. The highest BCUT2D eigenvalue weighted by molar-refractivity contribution is 5.27. The molecule has 0 radical (unpaired) electrons. The van der Waals surface area contributed by atoms with Gasteiger partial charge in [0.2, 0.25) is 0 Å². The molecule has 0 aliphatic heterocycles. The molecular weight excluding hydrogens is 218 g/mol. The van der Waals surface area contributed by atoms with Crippen LogP contribution in [0.1, 0.15) is 31.9 Å². The van der Waals surface area contributed by atoms with Gasteiger partial charge in [-0.05, 0) is 23.1 Å². The molecule has 92 valence electrons. The van der Waals surface area contributed by atoms with E-state index >= 15 is 0 Å². The van der Waals surface area contributed by atoms with E-state index in [1.54, 1.807) is 12.1 Å². The summed E-state index contributed by atoms with van der Waals surface area (Å²) in [6.45, 7) is 6.67. The fourth-order valence-corrected chi connectivity index (χ4v) is 1.45. The van der Waals surface area contributed by atoms with Crippen LogP contribution in [0.25, 0.3) is 0 Å². The summed E-state index contributed by atoms with van der Waals surface area (Å²) in [7, 11) is 0. The molecule has 2 aromatic carbocycles. The molecule has 0 aromatic heterocycles. The van der Waals surface area contributed by atoms with E-state index < -0.39 is 0 Å². The van der Waals surface area contributed by atoms with Crippen LogP contribution in [0.2, 0.25) is 0 Å². The third-order valence-corrected chi connectivity index (χ3v) is 2.54. The molecule has 2 rings (SSSR count). The van der Waals surface area contributed by atoms with Crippen molar-refractivity contribution in [3.05, 3.63) is 71.8 Å². The lowest BCUT2D eigenvalue weighted by atomic mass is 9.87. The van der Waals surface area contributed by atoms with Crippen LogP contribution in [-0.4, -0.2) is 0 Å². The van der Waals surface area contributed by atoms with Crippen molar-refractivity contribution in [2.75, 3.05) is 0 Å². The molecule has 1 heteroatoms. The lowest BCUT2D eigenvalue weighted by molar-refractivity contribution is 0.590. The minimum atomic E-state index is 0.293. The molecule has 0 aliphatic carbocycles. The van der Waals surface area contributed by atoms with Crippen molar-refractivity contribution in [2.24, 2.45) is 0 Å². The van der Waals surface area contributed by atoms with E-state index in [-0.39, 0.29) is 0 Å². The molecule has 0 spiro atoms.